The highest BCUT2D eigenvalue weighted by Crippen LogP contribution is 2.40. The maximum atomic E-state index is 13.4. The number of hydrogen-bond donors (Lipinski definition) is 3. The second-order valence-corrected chi connectivity index (χ2v) is 9.64. The number of phenolic OH excluding ortho intramolecular Hbond substituents is 1. The normalized spacial score (nSPS) is 16.4. The zero-order chi connectivity index (χ0) is 26.9. The minimum atomic E-state index is -0.406. The number of hydrogen-bond acceptors (Lipinski definition) is 6. The molecule has 4 rings (SSSR count). The van der Waals surface area contributed by atoms with Gasteiger partial charge in [0.15, 0.2) is 5.69 Å². The molecule has 1 aliphatic heterocycles. The number of aromatic hydroxyl groups is 1. The summed E-state index contributed by atoms with van der Waals surface area (Å²) in [6.07, 6.45) is 4.29. The van der Waals surface area contributed by atoms with E-state index in [4.69, 9.17) is 4.52 Å². The van der Waals surface area contributed by atoms with E-state index in [0.29, 0.717) is 50.4 Å². The third-order valence-corrected chi connectivity index (χ3v) is 6.84. The summed E-state index contributed by atoms with van der Waals surface area (Å²) in [5, 5.41) is 19.6. The fraction of sp³-hybridized carbons (Fsp3) is 0.571. The summed E-state index contributed by atoms with van der Waals surface area (Å²) in [6.45, 7) is 8.92. The van der Waals surface area contributed by atoms with Gasteiger partial charge in [0.25, 0.3) is 5.91 Å². The number of rotatable bonds is 9. The molecular weight excluding hydrogens is 472 g/mol. The molecule has 1 atom stereocenters. The molecule has 2 aliphatic rings. The lowest BCUT2D eigenvalue weighted by atomic mass is 9.94. The number of carbonyl (C=O) groups is 3. The van der Waals surface area contributed by atoms with E-state index in [-0.39, 0.29) is 36.1 Å². The largest absolute Gasteiger partial charge is 0.508 e. The second-order valence-electron chi connectivity index (χ2n) is 9.64. The Bertz CT molecular complexity index is 1070. The molecule has 1 saturated heterocycles. The Morgan fingerprint density at radius 3 is 2.46 bits per heavy atom. The Morgan fingerprint density at radius 2 is 1.84 bits per heavy atom. The summed E-state index contributed by atoms with van der Waals surface area (Å²) in [5.74, 6) is 0.644. The van der Waals surface area contributed by atoms with Crippen LogP contribution in [0.3, 0.4) is 0 Å². The summed E-state index contributed by atoms with van der Waals surface area (Å²) in [5.41, 5.74) is 1.99. The minimum Gasteiger partial charge on any atom is -0.508 e. The molecule has 202 valence electrons. The number of aryl methyl sites for hydroxylation is 1. The predicted molar refractivity (Wildman–Crippen MR) is 140 cm³/mol. The van der Waals surface area contributed by atoms with Gasteiger partial charge in [0.05, 0.1) is 5.92 Å². The predicted octanol–water partition coefficient (Wildman–Crippen LogP) is 3.70. The van der Waals surface area contributed by atoms with Crippen LogP contribution in [-0.4, -0.2) is 58.6 Å². The van der Waals surface area contributed by atoms with E-state index in [1.165, 1.54) is 0 Å². The van der Waals surface area contributed by atoms with Gasteiger partial charge in [-0.2, -0.15) is 0 Å². The first-order chi connectivity index (χ1) is 17.8. The Kier molecular flexibility index (Phi) is 10.1. The molecule has 1 unspecified atom stereocenters. The molecule has 2 fully saturated rings. The van der Waals surface area contributed by atoms with Crippen molar-refractivity contribution in [2.45, 2.75) is 78.2 Å². The Morgan fingerprint density at radius 1 is 1.14 bits per heavy atom. The molecule has 1 aliphatic carbocycles. The van der Waals surface area contributed by atoms with Crippen molar-refractivity contribution in [3.8, 4) is 5.75 Å². The number of piperidine rings is 1. The molecule has 3 amide bonds. The highest BCUT2D eigenvalue weighted by atomic mass is 16.5. The van der Waals surface area contributed by atoms with Gasteiger partial charge in [-0.05, 0) is 56.2 Å². The van der Waals surface area contributed by atoms with Gasteiger partial charge < -0.3 is 25.2 Å². The number of benzene rings is 1. The topological polar surface area (TPSA) is 125 Å². The number of nitrogens with zero attached hydrogens (tertiary/aromatic N) is 2. The highest BCUT2D eigenvalue weighted by molar-refractivity contribution is 5.92. The van der Waals surface area contributed by atoms with Crippen LogP contribution in [-0.2, 0) is 16.0 Å². The Labute approximate surface area is 219 Å². The summed E-state index contributed by atoms with van der Waals surface area (Å²) >= 11 is 0. The monoisotopic (exact) mass is 512 g/mol. The molecular formula is C28H40N4O5. The van der Waals surface area contributed by atoms with Gasteiger partial charge in [-0.25, -0.2) is 0 Å². The van der Waals surface area contributed by atoms with Gasteiger partial charge in [0.2, 0.25) is 11.8 Å². The average Bonchev–Trinajstić information content (AvgIpc) is 3.65. The second kappa shape index (κ2) is 13.3. The maximum absolute atomic E-state index is 13.4. The van der Waals surface area contributed by atoms with Gasteiger partial charge in [0.1, 0.15) is 11.5 Å². The average molecular weight is 513 g/mol. The van der Waals surface area contributed by atoms with Gasteiger partial charge in [-0.3, -0.25) is 14.4 Å². The molecule has 0 spiro atoms. The number of amides is 3. The van der Waals surface area contributed by atoms with Crippen molar-refractivity contribution in [1.82, 2.24) is 20.7 Å². The van der Waals surface area contributed by atoms with Crippen molar-refractivity contribution in [3.63, 3.8) is 0 Å². The van der Waals surface area contributed by atoms with Crippen molar-refractivity contribution in [2.24, 2.45) is 5.92 Å². The highest BCUT2D eigenvalue weighted by Gasteiger charge is 2.31. The molecule has 37 heavy (non-hydrogen) atoms. The van der Waals surface area contributed by atoms with Crippen LogP contribution in [0.5, 0.6) is 5.75 Å². The van der Waals surface area contributed by atoms with Gasteiger partial charge in [-0.15, -0.1) is 0 Å². The van der Waals surface area contributed by atoms with Crippen LogP contribution in [0.25, 0.3) is 0 Å². The molecule has 1 aromatic carbocycles. The SMILES string of the molecule is CC.CCC(=O)NCC(Cc1ccc(O)c(C)c1)C(=O)N1CCC(NC(=O)c2cc(C3CC3)on2)CC1. The van der Waals surface area contributed by atoms with Crippen LogP contribution in [0.15, 0.2) is 28.8 Å². The van der Waals surface area contributed by atoms with Crippen molar-refractivity contribution >= 4 is 17.7 Å². The van der Waals surface area contributed by atoms with E-state index in [1.54, 1.807) is 19.1 Å². The zero-order valence-corrected chi connectivity index (χ0v) is 22.4. The van der Waals surface area contributed by atoms with Gasteiger partial charge in [-0.1, -0.05) is 38.1 Å². The minimum absolute atomic E-state index is 0.0116. The van der Waals surface area contributed by atoms with Crippen molar-refractivity contribution in [2.75, 3.05) is 19.6 Å². The Hall–Kier alpha value is -3.36. The standard InChI is InChI=1S/C26H34N4O5.C2H6/c1-3-24(32)27-15-19(13-17-4-7-22(31)16(2)12-17)26(34)30-10-8-20(9-11-30)28-25(33)21-14-23(35-29-21)18-5-6-18;1-2/h4,7,12,14,18-20,31H,3,5-6,8-11,13,15H2,1-2H3,(H,27,32)(H,28,33);1-2H3. The van der Waals surface area contributed by atoms with E-state index in [9.17, 15) is 19.5 Å². The Balaban J connectivity index is 0.00000186. The van der Waals surface area contributed by atoms with Gasteiger partial charge in [0, 0.05) is 44.1 Å². The first-order valence-corrected chi connectivity index (χ1v) is 13.5. The van der Waals surface area contributed by atoms with E-state index in [1.807, 2.05) is 37.8 Å². The molecule has 9 nitrogen and oxygen atoms in total. The lowest BCUT2D eigenvalue weighted by molar-refractivity contribution is -0.136. The number of phenols is 1. The van der Waals surface area contributed by atoms with Crippen LogP contribution in [0, 0.1) is 12.8 Å². The van der Waals surface area contributed by atoms with Crippen molar-refractivity contribution in [3.05, 3.63) is 46.8 Å². The molecule has 9 heteroatoms. The zero-order valence-electron chi connectivity index (χ0n) is 22.4. The lowest BCUT2D eigenvalue weighted by Crippen LogP contribution is -2.49. The molecule has 0 bridgehead atoms. The lowest BCUT2D eigenvalue weighted by Gasteiger charge is -2.34. The third-order valence-electron chi connectivity index (χ3n) is 6.84. The number of aromatic nitrogens is 1. The van der Waals surface area contributed by atoms with E-state index < -0.39 is 5.92 Å². The molecule has 2 heterocycles. The number of carbonyl (C=O) groups excluding carboxylic acids is 3. The van der Waals surface area contributed by atoms with Crippen LogP contribution < -0.4 is 10.6 Å². The van der Waals surface area contributed by atoms with Crippen LogP contribution in [0.4, 0.5) is 0 Å². The van der Waals surface area contributed by atoms with Crippen LogP contribution in [0.1, 0.15) is 86.2 Å². The number of likely N-dealkylation sites (tertiary alicyclic amines) is 1. The molecule has 1 aromatic heterocycles. The molecule has 3 N–H and O–H groups in total. The fourth-order valence-corrected chi connectivity index (χ4v) is 4.46. The quantitative estimate of drug-likeness (QED) is 0.471. The van der Waals surface area contributed by atoms with Gasteiger partial charge >= 0.3 is 0 Å². The fourth-order valence-electron chi connectivity index (χ4n) is 4.46. The van der Waals surface area contributed by atoms with Crippen molar-refractivity contribution < 1.29 is 24.0 Å². The summed E-state index contributed by atoms with van der Waals surface area (Å²) in [7, 11) is 0. The van der Waals surface area contributed by atoms with Crippen molar-refractivity contribution in [1.29, 1.82) is 0 Å². The maximum Gasteiger partial charge on any atom is 0.273 e. The first-order valence-electron chi connectivity index (χ1n) is 13.5. The summed E-state index contributed by atoms with van der Waals surface area (Å²) in [6, 6.07) is 7.01. The number of nitrogens with one attached hydrogen (secondary N) is 2. The summed E-state index contributed by atoms with van der Waals surface area (Å²) < 4.78 is 5.28. The third kappa shape index (κ3) is 7.81. The van der Waals surface area contributed by atoms with E-state index in [2.05, 4.69) is 15.8 Å². The molecule has 0 radical (unpaired) electrons. The summed E-state index contributed by atoms with van der Waals surface area (Å²) in [4.78, 5) is 39.6. The molecule has 2 aromatic rings. The smallest absolute Gasteiger partial charge is 0.273 e. The van der Waals surface area contributed by atoms with E-state index >= 15 is 0 Å². The van der Waals surface area contributed by atoms with E-state index in [0.717, 1.165) is 29.7 Å². The molecule has 1 saturated carbocycles. The van der Waals surface area contributed by atoms with Crippen LogP contribution >= 0.6 is 0 Å². The van der Waals surface area contributed by atoms with Crippen LogP contribution in [0.2, 0.25) is 0 Å². The first kappa shape index (κ1) is 28.2.